The molecule has 0 aromatic heterocycles. The minimum Gasteiger partial charge on any atom is -0.434 e. The highest BCUT2D eigenvalue weighted by molar-refractivity contribution is 5.60. The van der Waals surface area contributed by atoms with Crippen LogP contribution in [0.2, 0.25) is 0 Å². The van der Waals surface area contributed by atoms with Gasteiger partial charge in [-0.25, -0.2) is 4.79 Å². The van der Waals surface area contributed by atoms with Crippen LogP contribution in [0.25, 0.3) is 0 Å². The zero-order valence-electron chi connectivity index (χ0n) is 13.9. The molecule has 1 unspecified atom stereocenters. The minimum absolute atomic E-state index is 0.111. The van der Waals surface area contributed by atoms with E-state index in [0.29, 0.717) is 12.5 Å². The van der Waals surface area contributed by atoms with Gasteiger partial charge in [-0.2, -0.15) is 0 Å². The topological polar surface area (TPSA) is 35.5 Å². The van der Waals surface area contributed by atoms with Crippen LogP contribution in [0.3, 0.4) is 0 Å². The first kappa shape index (κ1) is 19.5. The van der Waals surface area contributed by atoms with Crippen LogP contribution >= 0.6 is 0 Å². The van der Waals surface area contributed by atoms with Crippen LogP contribution < -0.4 is 0 Å². The molecule has 0 aliphatic heterocycles. The van der Waals surface area contributed by atoms with Gasteiger partial charge in [0.2, 0.25) is 0 Å². The van der Waals surface area contributed by atoms with Gasteiger partial charge in [0.1, 0.15) is 6.10 Å². The number of hydrogen-bond acceptors (Lipinski definition) is 3. The molecule has 1 atom stereocenters. The molecule has 0 saturated heterocycles. The van der Waals surface area contributed by atoms with E-state index in [9.17, 15) is 4.79 Å². The molecule has 0 radical (unpaired) electrons. The third-order valence-corrected chi connectivity index (χ3v) is 3.01. The van der Waals surface area contributed by atoms with Crippen molar-refractivity contribution in [1.82, 2.24) is 0 Å². The number of allylic oxidation sites excluding steroid dienone is 5. The zero-order chi connectivity index (χ0) is 15.9. The van der Waals surface area contributed by atoms with E-state index in [4.69, 9.17) is 9.47 Å². The molecule has 0 amide bonds. The van der Waals surface area contributed by atoms with E-state index < -0.39 is 6.16 Å². The van der Waals surface area contributed by atoms with Crippen molar-refractivity contribution in [2.24, 2.45) is 5.92 Å². The van der Waals surface area contributed by atoms with Crippen molar-refractivity contribution < 1.29 is 14.3 Å². The summed E-state index contributed by atoms with van der Waals surface area (Å²) in [4.78, 5) is 11.3. The maximum Gasteiger partial charge on any atom is 0.508 e. The Bertz CT molecular complexity index is 340. The van der Waals surface area contributed by atoms with Gasteiger partial charge in [-0.15, -0.1) is 0 Å². The number of carbonyl (C=O) groups excluding carboxylic acids is 1. The summed E-state index contributed by atoms with van der Waals surface area (Å²) in [6.07, 6.45) is 15.7. The Morgan fingerprint density at radius 2 is 1.52 bits per heavy atom. The van der Waals surface area contributed by atoms with Gasteiger partial charge in [0.15, 0.2) is 0 Å². The molecule has 120 valence electrons. The molecule has 21 heavy (non-hydrogen) atoms. The molecule has 0 aromatic carbocycles. The summed E-state index contributed by atoms with van der Waals surface area (Å²) in [7, 11) is 0. The van der Waals surface area contributed by atoms with E-state index in [1.165, 1.54) is 0 Å². The van der Waals surface area contributed by atoms with Crippen LogP contribution in [0.5, 0.6) is 0 Å². The second kappa shape index (κ2) is 13.5. The van der Waals surface area contributed by atoms with Crippen molar-refractivity contribution in [1.29, 1.82) is 0 Å². The van der Waals surface area contributed by atoms with Crippen LogP contribution in [-0.4, -0.2) is 18.9 Å². The molecule has 0 bridgehead atoms. The summed E-state index contributed by atoms with van der Waals surface area (Å²) >= 11 is 0. The van der Waals surface area contributed by atoms with Gasteiger partial charge in [0.05, 0.1) is 6.61 Å². The van der Waals surface area contributed by atoms with Crippen LogP contribution in [-0.2, 0) is 9.47 Å². The number of carbonyl (C=O) groups is 1. The van der Waals surface area contributed by atoms with E-state index in [2.05, 4.69) is 37.3 Å². The predicted molar refractivity (Wildman–Crippen MR) is 88.3 cm³/mol. The van der Waals surface area contributed by atoms with Crippen LogP contribution in [0.4, 0.5) is 4.79 Å². The van der Waals surface area contributed by atoms with Crippen LogP contribution in [0.1, 0.15) is 53.4 Å². The fourth-order valence-electron chi connectivity index (χ4n) is 1.36. The van der Waals surface area contributed by atoms with Crippen molar-refractivity contribution in [3.8, 4) is 0 Å². The Labute approximate surface area is 129 Å². The average molecular weight is 294 g/mol. The van der Waals surface area contributed by atoms with Gasteiger partial charge in [-0.05, 0) is 38.5 Å². The summed E-state index contributed by atoms with van der Waals surface area (Å²) in [6, 6.07) is 0. The lowest BCUT2D eigenvalue weighted by Gasteiger charge is -2.15. The maximum atomic E-state index is 11.3. The van der Waals surface area contributed by atoms with Crippen molar-refractivity contribution in [3.05, 3.63) is 36.5 Å². The van der Waals surface area contributed by atoms with Crippen molar-refractivity contribution in [3.63, 3.8) is 0 Å². The Balaban J connectivity index is 3.55. The summed E-state index contributed by atoms with van der Waals surface area (Å²) in [5, 5.41) is 0. The largest absolute Gasteiger partial charge is 0.508 e. The summed E-state index contributed by atoms with van der Waals surface area (Å²) in [6.45, 7) is 8.37. The quantitative estimate of drug-likeness (QED) is 0.306. The monoisotopic (exact) mass is 294 g/mol. The highest BCUT2D eigenvalue weighted by Crippen LogP contribution is 2.06. The predicted octanol–water partition coefficient (Wildman–Crippen LogP) is 5.43. The Hall–Kier alpha value is -1.51. The normalized spacial score (nSPS) is 13.6. The van der Waals surface area contributed by atoms with E-state index in [0.717, 1.165) is 25.7 Å². The molecule has 3 nitrogen and oxygen atoms in total. The molecule has 0 heterocycles. The first-order chi connectivity index (χ1) is 10.1. The molecule has 0 rings (SSSR count). The third kappa shape index (κ3) is 13.2. The molecule has 0 fully saturated rings. The molecular weight excluding hydrogens is 264 g/mol. The Morgan fingerprint density at radius 1 is 0.952 bits per heavy atom. The lowest BCUT2D eigenvalue weighted by molar-refractivity contribution is 0.0156. The van der Waals surface area contributed by atoms with Gasteiger partial charge in [0.25, 0.3) is 0 Å². The first-order valence-electron chi connectivity index (χ1n) is 7.86. The summed E-state index contributed by atoms with van der Waals surface area (Å²) < 4.78 is 10.1. The maximum absolute atomic E-state index is 11.3. The molecule has 0 aromatic rings. The second-order valence-corrected chi connectivity index (χ2v) is 5.25. The van der Waals surface area contributed by atoms with Gasteiger partial charge in [0, 0.05) is 0 Å². The zero-order valence-corrected chi connectivity index (χ0v) is 13.9. The van der Waals surface area contributed by atoms with Crippen molar-refractivity contribution in [2.75, 3.05) is 6.61 Å². The summed E-state index contributed by atoms with van der Waals surface area (Å²) in [5.74, 6) is 0.302. The van der Waals surface area contributed by atoms with E-state index in [1.807, 2.05) is 26.8 Å². The van der Waals surface area contributed by atoms with Crippen LogP contribution in [0.15, 0.2) is 36.5 Å². The van der Waals surface area contributed by atoms with E-state index >= 15 is 0 Å². The lowest BCUT2D eigenvalue weighted by atomic mass is 10.1. The van der Waals surface area contributed by atoms with Crippen LogP contribution in [0, 0.1) is 5.92 Å². The van der Waals surface area contributed by atoms with Gasteiger partial charge < -0.3 is 9.47 Å². The fourth-order valence-corrected chi connectivity index (χ4v) is 1.36. The molecule has 0 saturated carbocycles. The minimum atomic E-state index is -0.577. The fraction of sp³-hybridized carbons (Fsp3) is 0.611. The number of ether oxygens (including phenoxy) is 2. The Kier molecular flexibility index (Phi) is 12.5. The second-order valence-electron chi connectivity index (χ2n) is 5.25. The molecule has 0 aliphatic carbocycles. The molecular formula is C18H30O3. The van der Waals surface area contributed by atoms with Crippen molar-refractivity contribution in [2.45, 2.75) is 59.5 Å². The molecule has 0 spiro atoms. The highest BCUT2D eigenvalue weighted by atomic mass is 16.7. The average Bonchev–Trinajstić information content (AvgIpc) is 2.44. The molecule has 0 aliphatic rings. The van der Waals surface area contributed by atoms with Gasteiger partial charge in [-0.1, -0.05) is 57.2 Å². The van der Waals surface area contributed by atoms with E-state index in [-0.39, 0.29) is 6.10 Å². The number of hydrogen-bond donors (Lipinski definition) is 0. The third-order valence-electron chi connectivity index (χ3n) is 3.01. The smallest absolute Gasteiger partial charge is 0.434 e. The SMILES string of the molecule is CC/C=C\C/C=C\C/C=C\CCOC(=O)OC(C)C(C)C. The molecule has 3 heteroatoms. The standard InChI is InChI=1S/C18H30O3/c1-5-6-7-8-9-10-11-12-13-14-15-20-18(19)21-17(4)16(2)3/h6-7,9-10,12-13,16-17H,5,8,11,14-15H2,1-4H3/b7-6-,10-9-,13-12-. The summed E-state index contributed by atoms with van der Waals surface area (Å²) in [5.41, 5.74) is 0. The molecule has 0 N–H and O–H groups in total. The van der Waals surface area contributed by atoms with Crippen molar-refractivity contribution >= 4 is 6.16 Å². The lowest BCUT2D eigenvalue weighted by Crippen LogP contribution is -2.21. The van der Waals surface area contributed by atoms with Gasteiger partial charge >= 0.3 is 6.16 Å². The Morgan fingerprint density at radius 3 is 2.10 bits per heavy atom. The highest BCUT2D eigenvalue weighted by Gasteiger charge is 2.13. The van der Waals surface area contributed by atoms with Gasteiger partial charge in [-0.3, -0.25) is 0 Å². The number of rotatable bonds is 10. The first-order valence-corrected chi connectivity index (χ1v) is 7.86. The van der Waals surface area contributed by atoms with E-state index in [1.54, 1.807) is 0 Å².